The molecule has 2 aromatic rings. The zero-order valence-electron chi connectivity index (χ0n) is 14.3. The Morgan fingerprint density at radius 2 is 1.80 bits per heavy atom. The average molecular weight is 341 g/mol. The normalized spacial score (nSPS) is 11.7. The van der Waals surface area contributed by atoms with E-state index >= 15 is 0 Å². The number of hydrogen-bond donors (Lipinski definition) is 2. The minimum atomic E-state index is -0.873. The number of benzene rings is 2. The highest BCUT2D eigenvalue weighted by molar-refractivity contribution is 5.79. The molecule has 5 heteroatoms. The molecule has 0 fully saturated rings. The predicted octanol–water partition coefficient (Wildman–Crippen LogP) is 3.10. The number of ether oxygens (including phenoxy) is 1. The Morgan fingerprint density at radius 1 is 1.08 bits per heavy atom. The number of amides is 1. The van der Waals surface area contributed by atoms with Gasteiger partial charge in [-0.15, -0.1) is 0 Å². The van der Waals surface area contributed by atoms with E-state index in [9.17, 15) is 9.59 Å². The molecule has 0 saturated heterocycles. The van der Waals surface area contributed by atoms with E-state index in [4.69, 9.17) is 9.84 Å². The molecule has 0 aromatic heterocycles. The molecule has 0 aliphatic rings. The number of carboxylic acid groups (broad SMARTS) is 1. The van der Waals surface area contributed by atoms with Crippen LogP contribution in [0, 0.1) is 0 Å². The van der Waals surface area contributed by atoms with E-state index < -0.39 is 5.97 Å². The second kappa shape index (κ2) is 9.59. The first-order chi connectivity index (χ1) is 12.1. The molecule has 1 unspecified atom stereocenters. The summed E-state index contributed by atoms with van der Waals surface area (Å²) >= 11 is 0. The van der Waals surface area contributed by atoms with Crippen LogP contribution < -0.4 is 5.32 Å². The van der Waals surface area contributed by atoms with Crippen LogP contribution in [0.3, 0.4) is 0 Å². The number of methoxy groups -OCH3 is 1. The van der Waals surface area contributed by atoms with Crippen LogP contribution in [0.2, 0.25) is 0 Å². The van der Waals surface area contributed by atoms with Gasteiger partial charge in [0.15, 0.2) is 0 Å². The van der Waals surface area contributed by atoms with Gasteiger partial charge in [0.25, 0.3) is 0 Å². The van der Waals surface area contributed by atoms with E-state index in [-0.39, 0.29) is 24.8 Å². The Hall–Kier alpha value is -2.66. The largest absolute Gasteiger partial charge is 0.481 e. The Bertz CT molecular complexity index is 700. The van der Waals surface area contributed by atoms with Crippen molar-refractivity contribution in [3.05, 3.63) is 71.3 Å². The molecule has 2 rings (SSSR count). The van der Waals surface area contributed by atoms with Crippen LogP contribution >= 0.6 is 0 Å². The van der Waals surface area contributed by atoms with Gasteiger partial charge in [-0.05, 0) is 23.1 Å². The van der Waals surface area contributed by atoms with Crippen LogP contribution in [-0.4, -0.2) is 24.1 Å². The molecule has 0 spiro atoms. The quantitative estimate of drug-likeness (QED) is 0.735. The summed E-state index contributed by atoms with van der Waals surface area (Å²) < 4.78 is 5.11. The predicted molar refractivity (Wildman–Crippen MR) is 95.1 cm³/mol. The number of carbonyl (C=O) groups is 2. The molecule has 0 radical (unpaired) electrons. The number of rotatable bonds is 9. The van der Waals surface area contributed by atoms with Crippen molar-refractivity contribution < 1.29 is 19.4 Å². The third kappa shape index (κ3) is 6.39. The van der Waals surface area contributed by atoms with Gasteiger partial charge in [0, 0.05) is 13.5 Å². The first kappa shape index (κ1) is 18.7. The van der Waals surface area contributed by atoms with Crippen LogP contribution in [0.5, 0.6) is 0 Å². The third-order valence-corrected chi connectivity index (χ3v) is 3.85. The Balaban J connectivity index is 2.03. The summed E-state index contributed by atoms with van der Waals surface area (Å²) in [5, 5.41) is 11.9. The van der Waals surface area contributed by atoms with E-state index in [1.807, 2.05) is 54.6 Å². The van der Waals surface area contributed by atoms with Crippen LogP contribution in [0.1, 0.15) is 35.6 Å². The molecule has 5 nitrogen and oxygen atoms in total. The number of aliphatic carboxylic acids is 1. The number of nitrogens with one attached hydrogen (secondary N) is 1. The van der Waals surface area contributed by atoms with Gasteiger partial charge in [0.1, 0.15) is 0 Å². The van der Waals surface area contributed by atoms with Crippen molar-refractivity contribution in [2.75, 3.05) is 7.11 Å². The van der Waals surface area contributed by atoms with Gasteiger partial charge in [0.05, 0.1) is 19.1 Å². The fraction of sp³-hybridized carbons (Fsp3) is 0.300. The van der Waals surface area contributed by atoms with Gasteiger partial charge in [-0.2, -0.15) is 0 Å². The van der Waals surface area contributed by atoms with Crippen LogP contribution in [0.25, 0.3) is 0 Å². The second-order valence-electron chi connectivity index (χ2n) is 5.89. The lowest BCUT2D eigenvalue weighted by atomic mass is 10.0. The minimum absolute atomic E-state index is 0.00314. The van der Waals surface area contributed by atoms with E-state index in [0.29, 0.717) is 13.0 Å². The molecule has 0 bridgehead atoms. The molecule has 0 saturated carbocycles. The van der Waals surface area contributed by atoms with Crippen molar-refractivity contribution in [1.29, 1.82) is 0 Å². The summed E-state index contributed by atoms with van der Waals surface area (Å²) in [5.74, 6) is -1.00. The summed E-state index contributed by atoms with van der Waals surface area (Å²) in [4.78, 5) is 23.3. The lowest BCUT2D eigenvalue weighted by Gasteiger charge is -2.19. The lowest BCUT2D eigenvalue weighted by Crippen LogP contribution is -2.30. The molecule has 1 amide bonds. The molecule has 25 heavy (non-hydrogen) atoms. The standard InChI is InChI=1S/C20H23NO4/c1-25-14-16-7-5-6-15(12-16)13-19(22)21-18(10-11-20(23)24)17-8-3-2-4-9-17/h2-9,12,18H,10-11,13-14H2,1H3,(H,21,22)(H,23,24). The van der Waals surface area contributed by atoms with Crippen molar-refractivity contribution in [3.8, 4) is 0 Å². The van der Waals surface area contributed by atoms with Gasteiger partial charge in [-0.25, -0.2) is 0 Å². The highest BCUT2D eigenvalue weighted by atomic mass is 16.5. The van der Waals surface area contributed by atoms with Gasteiger partial charge < -0.3 is 15.2 Å². The van der Waals surface area contributed by atoms with E-state index in [1.165, 1.54) is 0 Å². The Labute approximate surface area is 147 Å². The summed E-state index contributed by atoms with van der Waals surface area (Å²) in [6.07, 6.45) is 0.603. The maximum absolute atomic E-state index is 12.4. The summed E-state index contributed by atoms with van der Waals surface area (Å²) in [6, 6.07) is 16.8. The Morgan fingerprint density at radius 3 is 2.48 bits per heavy atom. The topological polar surface area (TPSA) is 75.6 Å². The number of hydrogen-bond acceptors (Lipinski definition) is 3. The van der Waals surface area contributed by atoms with Crippen molar-refractivity contribution in [2.45, 2.75) is 31.9 Å². The fourth-order valence-electron chi connectivity index (χ4n) is 2.70. The maximum Gasteiger partial charge on any atom is 0.303 e. The van der Waals surface area contributed by atoms with Gasteiger partial charge >= 0.3 is 5.97 Å². The maximum atomic E-state index is 12.4. The van der Waals surface area contributed by atoms with Crippen molar-refractivity contribution in [2.24, 2.45) is 0 Å². The first-order valence-corrected chi connectivity index (χ1v) is 8.21. The zero-order chi connectivity index (χ0) is 18.1. The molecule has 0 aliphatic carbocycles. The minimum Gasteiger partial charge on any atom is -0.481 e. The third-order valence-electron chi connectivity index (χ3n) is 3.85. The van der Waals surface area contributed by atoms with Gasteiger partial charge in [-0.3, -0.25) is 9.59 Å². The van der Waals surface area contributed by atoms with Crippen molar-refractivity contribution in [3.63, 3.8) is 0 Å². The SMILES string of the molecule is COCc1cccc(CC(=O)NC(CCC(=O)O)c2ccccc2)c1. The molecule has 2 N–H and O–H groups in total. The van der Waals surface area contributed by atoms with Crippen molar-refractivity contribution >= 4 is 11.9 Å². The summed E-state index contributed by atoms with van der Waals surface area (Å²) in [6.45, 7) is 0.501. The Kier molecular flexibility index (Phi) is 7.16. The molecular weight excluding hydrogens is 318 g/mol. The molecule has 0 heterocycles. The van der Waals surface area contributed by atoms with E-state index in [2.05, 4.69) is 5.32 Å². The molecular formula is C20H23NO4. The van der Waals surface area contributed by atoms with E-state index in [0.717, 1.165) is 16.7 Å². The summed E-state index contributed by atoms with van der Waals surface area (Å²) in [5.41, 5.74) is 2.82. The highest BCUT2D eigenvalue weighted by Crippen LogP contribution is 2.19. The average Bonchev–Trinajstić information content (AvgIpc) is 2.60. The van der Waals surface area contributed by atoms with Crippen LogP contribution in [-0.2, 0) is 27.4 Å². The van der Waals surface area contributed by atoms with Crippen LogP contribution in [0.15, 0.2) is 54.6 Å². The number of carbonyl (C=O) groups excluding carboxylic acids is 1. The molecule has 132 valence electrons. The first-order valence-electron chi connectivity index (χ1n) is 8.21. The zero-order valence-corrected chi connectivity index (χ0v) is 14.3. The number of carboxylic acids is 1. The van der Waals surface area contributed by atoms with Crippen LogP contribution in [0.4, 0.5) is 0 Å². The lowest BCUT2D eigenvalue weighted by molar-refractivity contribution is -0.137. The molecule has 0 aliphatic heterocycles. The smallest absolute Gasteiger partial charge is 0.303 e. The van der Waals surface area contributed by atoms with E-state index in [1.54, 1.807) is 7.11 Å². The second-order valence-corrected chi connectivity index (χ2v) is 5.89. The highest BCUT2D eigenvalue weighted by Gasteiger charge is 2.16. The molecule has 2 aromatic carbocycles. The molecule has 1 atom stereocenters. The monoisotopic (exact) mass is 341 g/mol. The fourth-order valence-corrected chi connectivity index (χ4v) is 2.70. The van der Waals surface area contributed by atoms with Crippen molar-refractivity contribution in [1.82, 2.24) is 5.32 Å². The van der Waals surface area contributed by atoms with Gasteiger partial charge in [0.2, 0.25) is 5.91 Å². The van der Waals surface area contributed by atoms with Gasteiger partial charge in [-0.1, -0.05) is 54.6 Å². The summed E-state index contributed by atoms with van der Waals surface area (Å²) in [7, 11) is 1.63.